The van der Waals surface area contributed by atoms with Gasteiger partial charge < -0.3 is 10.4 Å². The van der Waals surface area contributed by atoms with Gasteiger partial charge in [0.15, 0.2) is 0 Å². The second-order valence-corrected chi connectivity index (χ2v) is 9.84. The molecule has 3 aromatic rings. The lowest BCUT2D eigenvalue weighted by atomic mass is 10.0. The van der Waals surface area contributed by atoms with Gasteiger partial charge in [0.05, 0.1) is 18.3 Å². The van der Waals surface area contributed by atoms with E-state index in [1.54, 1.807) is 10.9 Å². The molecule has 2 amide bonds. The topological polar surface area (TPSA) is 117 Å². The molecule has 2 N–H and O–H groups in total. The lowest BCUT2D eigenvalue weighted by Crippen LogP contribution is -2.70. The normalized spacial score (nSPS) is 19.4. The van der Waals surface area contributed by atoms with E-state index >= 15 is 0 Å². The summed E-state index contributed by atoms with van der Waals surface area (Å²) in [5.74, 6) is -1.51. The number of aromatic nitrogens is 3. The predicted molar refractivity (Wildman–Crippen MR) is 127 cm³/mol. The first-order chi connectivity index (χ1) is 16.5. The zero-order valence-electron chi connectivity index (χ0n) is 17.7. The molecule has 0 spiro atoms. The number of fused-ring (bicyclic) bond motifs is 1. The summed E-state index contributed by atoms with van der Waals surface area (Å²) < 4.78 is 1.62. The molecule has 0 radical (unpaired) electrons. The van der Waals surface area contributed by atoms with Crippen molar-refractivity contribution in [2.45, 2.75) is 22.9 Å². The molecule has 9 nitrogen and oxygen atoms in total. The lowest BCUT2D eigenvalue weighted by Gasteiger charge is -2.49. The molecule has 0 unspecified atom stereocenters. The van der Waals surface area contributed by atoms with Crippen LogP contribution >= 0.6 is 23.5 Å². The SMILES string of the molecule is O=C(Cc1ccccc1)N[C@@H]1C(=O)N2C(C(=O)O)=C(Sc3cnnn3-c3ccccc3)CS[C@H]12. The molecule has 0 bridgehead atoms. The highest BCUT2D eigenvalue weighted by atomic mass is 32.2. The van der Waals surface area contributed by atoms with Crippen molar-refractivity contribution in [3.05, 3.63) is 83.0 Å². The number of carboxylic acids is 1. The zero-order valence-corrected chi connectivity index (χ0v) is 19.3. The van der Waals surface area contributed by atoms with Gasteiger partial charge in [-0.3, -0.25) is 14.5 Å². The molecule has 1 aromatic heterocycles. The lowest BCUT2D eigenvalue weighted by molar-refractivity contribution is -0.150. The van der Waals surface area contributed by atoms with Gasteiger partial charge in [-0.1, -0.05) is 65.5 Å². The van der Waals surface area contributed by atoms with Crippen LogP contribution in [0.4, 0.5) is 0 Å². The average Bonchev–Trinajstić information content (AvgIpc) is 3.31. The molecule has 1 saturated heterocycles. The fourth-order valence-electron chi connectivity index (χ4n) is 3.84. The second-order valence-electron chi connectivity index (χ2n) is 7.62. The number of aliphatic carboxylic acids is 1. The van der Waals surface area contributed by atoms with Crippen LogP contribution in [0.15, 0.2) is 82.5 Å². The number of hydrogen-bond donors (Lipinski definition) is 2. The Labute approximate surface area is 203 Å². The summed E-state index contributed by atoms with van der Waals surface area (Å²) in [6.07, 6.45) is 1.71. The molecule has 5 rings (SSSR count). The van der Waals surface area contributed by atoms with Crippen molar-refractivity contribution in [3.8, 4) is 5.69 Å². The zero-order chi connectivity index (χ0) is 23.7. The third-order valence-electron chi connectivity index (χ3n) is 5.41. The van der Waals surface area contributed by atoms with E-state index in [-0.39, 0.29) is 18.0 Å². The molecule has 2 atom stereocenters. The van der Waals surface area contributed by atoms with E-state index in [0.29, 0.717) is 15.7 Å². The third-order valence-corrected chi connectivity index (χ3v) is 7.94. The number of hydrogen-bond acceptors (Lipinski definition) is 7. The summed E-state index contributed by atoms with van der Waals surface area (Å²) in [5.41, 5.74) is 1.57. The number of β-lactam (4-membered cyclic amide) rings is 1. The van der Waals surface area contributed by atoms with E-state index in [1.807, 2.05) is 60.7 Å². The summed E-state index contributed by atoms with van der Waals surface area (Å²) in [4.78, 5) is 39.3. The van der Waals surface area contributed by atoms with Crippen molar-refractivity contribution in [2.24, 2.45) is 0 Å². The van der Waals surface area contributed by atoms with E-state index in [4.69, 9.17) is 0 Å². The van der Waals surface area contributed by atoms with Crippen LogP contribution in [0.1, 0.15) is 5.56 Å². The molecule has 3 heterocycles. The summed E-state index contributed by atoms with van der Waals surface area (Å²) in [6.45, 7) is 0. The van der Waals surface area contributed by atoms with Gasteiger partial charge in [-0.05, 0) is 17.7 Å². The largest absolute Gasteiger partial charge is 0.477 e. The number of carbonyl (C=O) groups is 3. The van der Waals surface area contributed by atoms with E-state index in [2.05, 4.69) is 15.6 Å². The van der Waals surface area contributed by atoms with Gasteiger partial charge in [0.1, 0.15) is 22.1 Å². The van der Waals surface area contributed by atoms with Crippen molar-refractivity contribution >= 4 is 41.3 Å². The highest BCUT2D eigenvalue weighted by Gasteiger charge is 2.54. The predicted octanol–water partition coefficient (Wildman–Crippen LogP) is 2.30. The van der Waals surface area contributed by atoms with Crippen LogP contribution in [-0.2, 0) is 20.8 Å². The molecule has 0 saturated carbocycles. The quantitative estimate of drug-likeness (QED) is 0.482. The molecule has 1 fully saturated rings. The Morgan fingerprint density at radius 3 is 2.53 bits per heavy atom. The van der Waals surface area contributed by atoms with Crippen LogP contribution in [0.5, 0.6) is 0 Å². The molecule has 2 aliphatic heterocycles. The smallest absolute Gasteiger partial charge is 0.353 e. The van der Waals surface area contributed by atoms with E-state index < -0.39 is 23.3 Å². The number of rotatable bonds is 7. The molecule has 2 aliphatic rings. The maximum atomic E-state index is 12.9. The Hall–Kier alpha value is -3.57. The van der Waals surface area contributed by atoms with Crippen molar-refractivity contribution in [2.75, 3.05) is 5.75 Å². The number of nitrogens with one attached hydrogen (secondary N) is 1. The van der Waals surface area contributed by atoms with Crippen LogP contribution in [0.2, 0.25) is 0 Å². The Morgan fingerprint density at radius 2 is 1.82 bits per heavy atom. The van der Waals surface area contributed by atoms with Crippen molar-refractivity contribution < 1.29 is 19.5 Å². The highest BCUT2D eigenvalue weighted by molar-refractivity contribution is 8.06. The standard InChI is InChI=1S/C23H19N5O4S2/c29-17(11-14-7-3-1-4-8-14)25-19-21(30)27-20(23(31)32)16(13-33-22(19)27)34-18-12-24-26-28(18)15-9-5-2-6-10-15/h1-10,12,19,22H,11,13H2,(H,25,29)(H,31,32)/t19-,22-/m1/s1. The Kier molecular flexibility index (Phi) is 6.12. The van der Waals surface area contributed by atoms with Crippen LogP contribution in [-0.4, -0.2) is 60.0 Å². The van der Waals surface area contributed by atoms with Crippen molar-refractivity contribution in [1.29, 1.82) is 0 Å². The summed E-state index contributed by atoms with van der Waals surface area (Å²) in [5, 5.41) is 20.9. The number of amides is 2. The van der Waals surface area contributed by atoms with Crippen molar-refractivity contribution in [1.82, 2.24) is 25.2 Å². The molecule has 172 valence electrons. The number of benzene rings is 2. The number of nitrogens with zero attached hydrogens (tertiary/aromatic N) is 4. The minimum Gasteiger partial charge on any atom is -0.477 e. The van der Waals surface area contributed by atoms with Gasteiger partial charge in [0.2, 0.25) is 5.91 Å². The molecule has 2 aromatic carbocycles. The molecule has 11 heteroatoms. The first-order valence-corrected chi connectivity index (χ1v) is 12.3. The summed E-state index contributed by atoms with van der Waals surface area (Å²) in [7, 11) is 0. The molecule has 0 aliphatic carbocycles. The second kappa shape index (κ2) is 9.35. The molecular weight excluding hydrogens is 474 g/mol. The van der Waals surface area contributed by atoms with E-state index in [0.717, 1.165) is 11.3 Å². The van der Waals surface area contributed by atoms with Crippen LogP contribution in [0.3, 0.4) is 0 Å². The van der Waals surface area contributed by atoms with Gasteiger partial charge in [-0.15, -0.1) is 16.9 Å². The first kappa shape index (κ1) is 22.2. The maximum Gasteiger partial charge on any atom is 0.353 e. The van der Waals surface area contributed by atoms with Crippen LogP contribution in [0, 0.1) is 0 Å². The van der Waals surface area contributed by atoms with Crippen LogP contribution in [0.25, 0.3) is 5.69 Å². The highest BCUT2D eigenvalue weighted by Crippen LogP contribution is 2.45. The molecule has 34 heavy (non-hydrogen) atoms. The maximum absolute atomic E-state index is 12.9. The molecular formula is C23H19N5O4S2. The van der Waals surface area contributed by atoms with E-state index in [1.165, 1.54) is 28.4 Å². The number of thioether (sulfide) groups is 2. The fourth-order valence-corrected chi connectivity index (χ4v) is 6.34. The minimum atomic E-state index is -1.19. The van der Waals surface area contributed by atoms with Gasteiger partial charge in [-0.25, -0.2) is 9.48 Å². The Bertz CT molecular complexity index is 1280. The minimum absolute atomic E-state index is 0.0619. The summed E-state index contributed by atoms with van der Waals surface area (Å²) in [6, 6.07) is 17.9. The Balaban J connectivity index is 1.34. The Morgan fingerprint density at radius 1 is 1.12 bits per heavy atom. The van der Waals surface area contributed by atoms with Gasteiger partial charge in [0.25, 0.3) is 5.91 Å². The van der Waals surface area contributed by atoms with Crippen molar-refractivity contribution in [3.63, 3.8) is 0 Å². The van der Waals surface area contributed by atoms with Gasteiger partial charge in [0, 0.05) is 10.7 Å². The number of para-hydroxylation sites is 1. The average molecular weight is 494 g/mol. The van der Waals surface area contributed by atoms with Crippen LogP contribution < -0.4 is 5.32 Å². The van der Waals surface area contributed by atoms with E-state index in [9.17, 15) is 19.5 Å². The number of carbonyl (C=O) groups excluding carboxylic acids is 2. The monoisotopic (exact) mass is 493 g/mol. The summed E-state index contributed by atoms with van der Waals surface area (Å²) >= 11 is 2.65. The number of carboxylic acid groups (broad SMARTS) is 1. The fraction of sp³-hybridized carbons (Fsp3) is 0.174. The van der Waals surface area contributed by atoms with Gasteiger partial charge >= 0.3 is 5.97 Å². The first-order valence-electron chi connectivity index (χ1n) is 10.4. The third kappa shape index (κ3) is 4.19. The van der Waals surface area contributed by atoms with Gasteiger partial charge in [-0.2, -0.15) is 0 Å².